The van der Waals surface area contributed by atoms with Crippen molar-refractivity contribution in [3.63, 3.8) is 0 Å². The van der Waals surface area contributed by atoms with Crippen molar-refractivity contribution in [1.82, 2.24) is 19.2 Å². The van der Waals surface area contributed by atoms with Crippen LogP contribution in [0, 0.1) is 5.92 Å². The van der Waals surface area contributed by atoms with Crippen molar-refractivity contribution in [3.8, 4) is 0 Å². The van der Waals surface area contributed by atoms with Crippen molar-refractivity contribution in [1.29, 1.82) is 0 Å². The molecule has 1 aromatic heterocycles. The van der Waals surface area contributed by atoms with Crippen molar-refractivity contribution in [2.75, 3.05) is 19.6 Å². The molecule has 0 aromatic carbocycles. The Morgan fingerprint density at radius 2 is 2.40 bits per heavy atom. The average molecular weight is 304 g/mol. The molecule has 2 rings (SSSR count). The van der Waals surface area contributed by atoms with Gasteiger partial charge < -0.3 is 9.63 Å². The highest BCUT2D eigenvalue weighted by Crippen LogP contribution is 2.18. The van der Waals surface area contributed by atoms with E-state index in [9.17, 15) is 13.2 Å². The Morgan fingerprint density at radius 1 is 1.60 bits per heavy atom. The molecule has 1 saturated heterocycles. The minimum absolute atomic E-state index is 0.00518. The van der Waals surface area contributed by atoms with Gasteiger partial charge in [-0.1, -0.05) is 5.16 Å². The van der Waals surface area contributed by atoms with Gasteiger partial charge in [0.2, 0.25) is 5.89 Å². The molecule has 112 valence electrons. The highest BCUT2D eigenvalue weighted by Gasteiger charge is 2.31. The minimum Gasteiger partial charge on any atom is -0.481 e. The molecule has 1 atom stereocenters. The van der Waals surface area contributed by atoms with E-state index < -0.39 is 22.1 Å². The summed E-state index contributed by atoms with van der Waals surface area (Å²) in [5.41, 5.74) is 0. The third-order valence-corrected chi connectivity index (χ3v) is 4.68. The van der Waals surface area contributed by atoms with Crippen LogP contribution in [0.5, 0.6) is 0 Å². The number of hydrogen-bond acceptors (Lipinski definition) is 6. The zero-order valence-electron chi connectivity index (χ0n) is 10.7. The zero-order chi connectivity index (χ0) is 14.6. The molecule has 2 heterocycles. The molecule has 0 radical (unpaired) electrons. The van der Waals surface area contributed by atoms with Crippen LogP contribution in [0.4, 0.5) is 0 Å². The monoisotopic (exact) mass is 304 g/mol. The first kappa shape index (κ1) is 14.9. The van der Waals surface area contributed by atoms with E-state index in [0.29, 0.717) is 25.3 Å². The van der Waals surface area contributed by atoms with E-state index in [1.807, 2.05) is 0 Å². The summed E-state index contributed by atoms with van der Waals surface area (Å²) in [6.45, 7) is 0.462. The third-order valence-electron chi connectivity index (χ3n) is 3.10. The fourth-order valence-corrected chi connectivity index (χ4v) is 3.33. The number of carboxylic acids is 1. The summed E-state index contributed by atoms with van der Waals surface area (Å²) in [4.78, 5) is 14.7. The molecule has 9 nitrogen and oxygen atoms in total. The Bertz CT molecular complexity index is 544. The van der Waals surface area contributed by atoms with E-state index in [2.05, 4.69) is 14.9 Å². The van der Waals surface area contributed by atoms with Gasteiger partial charge in [0.1, 0.15) is 0 Å². The van der Waals surface area contributed by atoms with Crippen LogP contribution in [0.15, 0.2) is 10.9 Å². The molecular weight excluding hydrogens is 288 g/mol. The molecule has 0 aliphatic carbocycles. The van der Waals surface area contributed by atoms with Crippen LogP contribution in [0.1, 0.15) is 18.7 Å². The minimum atomic E-state index is -3.67. The topological polar surface area (TPSA) is 126 Å². The Morgan fingerprint density at radius 3 is 3.05 bits per heavy atom. The predicted molar refractivity (Wildman–Crippen MR) is 66.9 cm³/mol. The number of nitrogens with one attached hydrogen (secondary N) is 1. The summed E-state index contributed by atoms with van der Waals surface area (Å²) in [5, 5.41) is 12.4. The van der Waals surface area contributed by atoms with Crippen LogP contribution < -0.4 is 4.72 Å². The fraction of sp³-hybridized carbons (Fsp3) is 0.700. The van der Waals surface area contributed by atoms with Crippen LogP contribution >= 0.6 is 0 Å². The maximum Gasteiger partial charge on any atom is 0.307 e. The lowest BCUT2D eigenvalue weighted by Crippen LogP contribution is -2.47. The van der Waals surface area contributed by atoms with Gasteiger partial charge in [-0.3, -0.25) is 4.79 Å². The predicted octanol–water partition coefficient (Wildman–Crippen LogP) is -0.757. The lowest BCUT2D eigenvalue weighted by atomic mass is 10.0. The SMILES string of the molecule is O=C(O)C1CCCN(S(=O)(=O)NCCc2ncno2)C1. The molecule has 20 heavy (non-hydrogen) atoms. The lowest BCUT2D eigenvalue weighted by molar-refractivity contribution is -0.142. The molecule has 1 unspecified atom stereocenters. The number of aromatic nitrogens is 2. The van der Waals surface area contributed by atoms with Gasteiger partial charge in [0.25, 0.3) is 10.2 Å². The highest BCUT2D eigenvalue weighted by molar-refractivity contribution is 7.87. The van der Waals surface area contributed by atoms with Gasteiger partial charge in [0.05, 0.1) is 5.92 Å². The number of aliphatic carboxylic acids is 1. The summed E-state index contributed by atoms with van der Waals surface area (Å²) >= 11 is 0. The van der Waals surface area contributed by atoms with Gasteiger partial charge in [-0.15, -0.1) is 0 Å². The van der Waals surface area contributed by atoms with E-state index >= 15 is 0 Å². The van der Waals surface area contributed by atoms with Gasteiger partial charge >= 0.3 is 5.97 Å². The van der Waals surface area contributed by atoms with Gasteiger partial charge in [-0.25, -0.2) is 4.72 Å². The van der Waals surface area contributed by atoms with Crippen molar-refractivity contribution < 1.29 is 22.8 Å². The second-order valence-electron chi connectivity index (χ2n) is 4.52. The smallest absolute Gasteiger partial charge is 0.307 e. The molecule has 0 bridgehead atoms. The number of hydrogen-bond donors (Lipinski definition) is 2. The van der Waals surface area contributed by atoms with E-state index in [0.717, 1.165) is 0 Å². The first-order valence-electron chi connectivity index (χ1n) is 6.22. The van der Waals surface area contributed by atoms with Crippen LogP contribution in [0.2, 0.25) is 0 Å². The van der Waals surface area contributed by atoms with Crippen LogP contribution in [0.3, 0.4) is 0 Å². The molecule has 0 spiro atoms. The van der Waals surface area contributed by atoms with Gasteiger partial charge in [-0.2, -0.15) is 17.7 Å². The Balaban J connectivity index is 1.87. The summed E-state index contributed by atoms with van der Waals surface area (Å²) in [6, 6.07) is 0. The lowest BCUT2D eigenvalue weighted by Gasteiger charge is -2.29. The molecule has 10 heteroatoms. The normalized spacial score (nSPS) is 20.9. The summed E-state index contributed by atoms with van der Waals surface area (Å²) in [5.74, 6) is -1.26. The second-order valence-corrected chi connectivity index (χ2v) is 6.27. The van der Waals surface area contributed by atoms with Gasteiger partial charge in [0.15, 0.2) is 6.33 Å². The maximum absolute atomic E-state index is 12.0. The van der Waals surface area contributed by atoms with Gasteiger partial charge in [0, 0.05) is 26.1 Å². The third kappa shape index (κ3) is 3.74. The molecule has 0 saturated carbocycles. The standard InChI is InChI=1S/C10H16N4O5S/c15-10(16)8-2-1-5-14(6-8)20(17,18)13-4-3-9-11-7-12-19-9/h7-8,13H,1-6H2,(H,15,16). The van der Waals surface area contributed by atoms with Crippen LogP contribution in [-0.4, -0.2) is 53.6 Å². The van der Waals surface area contributed by atoms with E-state index in [-0.39, 0.29) is 19.5 Å². The zero-order valence-corrected chi connectivity index (χ0v) is 11.5. The molecule has 1 aromatic rings. The second kappa shape index (κ2) is 6.29. The number of carboxylic acid groups (broad SMARTS) is 1. The molecule has 0 amide bonds. The van der Waals surface area contributed by atoms with Crippen LogP contribution in [-0.2, 0) is 21.4 Å². The molecule has 2 N–H and O–H groups in total. The number of piperidine rings is 1. The summed E-state index contributed by atoms with van der Waals surface area (Å²) in [7, 11) is -3.67. The highest BCUT2D eigenvalue weighted by atomic mass is 32.2. The molecule has 1 fully saturated rings. The average Bonchev–Trinajstić information content (AvgIpc) is 2.92. The Labute approximate surface area is 116 Å². The van der Waals surface area contributed by atoms with Crippen molar-refractivity contribution >= 4 is 16.2 Å². The van der Waals surface area contributed by atoms with E-state index in [4.69, 9.17) is 9.63 Å². The van der Waals surface area contributed by atoms with Gasteiger partial charge in [-0.05, 0) is 12.8 Å². The van der Waals surface area contributed by atoms with Crippen molar-refractivity contribution in [2.45, 2.75) is 19.3 Å². The van der Waals surface area contributed by atoms with E-state index in [1.165, 1.54) is 10.6 Å². The summed E-state index contributed by atoms with van der Waals surface area (Å²) in [6.07, 6.45) is 2.58. The summed E-state index contributed by atoms with van der Waals surface area (Å²) < 4.78 is 32.4. The Hall–Kier alpha value is -1.52. The fourth-order valence-electron chi connectivity index (χ4n) is 2.05. The number of carbonyl (C=O) groups is 1. The van der Waals surface area contributed by atoms with Crippen LogP contribution in [0.25, 0.3) is 0 Å². The maximum atomic E-state index is 12.0. The van der Waals surface area contributed by atoms with Crippen molar-refractivity contribution in [2.24, 2.45) is 5.92 Å². The van der Waals surface area contributed by atoms with Crippen molar-refractivity contribution in [3.05, 3.63) is 12.2 Å². The quantitative estimate of drug-likeness (QED) is 0.707. The Kier molecular flexibility index (Phi) is 4.68. The largest absolute Gasteiger partial charge is 0.481 e. The number of nitrogens with zero attached hydrogens (tertiary/aromatic N) is 3. The molecular formula is C10H16N4O5S. The first-order valence-corrected chi connectivity index (χ1v) is 7.66. The molecule has 1 aliphatic rings. The first-order chi connectivity index (χ1) is 9.49. The van der Waals surface area contributed by atoms with E-state index in [1.54, 1.807) is 0 Å². The number of rotatable bonds is 6. The molecule has 1 aliphatic heterocycles.